The molecule has 1 atom stereocenters. The molecule has 33 heavy (non-hydrogen) atoms. The number of hydrogen-bond acceptors (Lipinski definition) is 5. The maximum Gasteiger partial charge on any atom is 0.326 e. The molecule has 0 spiro atoms. The number of benzene rings is 2. The summed E-state index contributed by atoms with van der Waals surface area (Å²) in [6.45, 7) is 1.97. The van der Waals surface area contributed by atoms with Gasteiger partial charge in [-0.1, -0.05) is 55.5 Å². The van der Waals surface area contributed by atoms with E-state index in [1.807, 2.05) is 43.3 Å². The molecular formula is C26H24FN3O3. The Morgan fingerprint density at radius 2 is 1.79 bits per heavy atom. The zero-order chi connectivity index (χ0) is 23.2. The van der Waals surface area contributed by atoms with Crippen LogP contribution in [-0.2, 0) is 24.1 Å². The number of furan rings is 1. The molecule has 2 heterocycles. The molecule has 0 bridgehead atoms. The van der Waals surface area contributed by atoms with E-state index >= 15 is 0 Å². The van der Waals surface area contributed by atoms with Crippen molar-refractivity contribution in [3.8, 4) is 11.3 Å². The fraction of sp³-hybridized carbons (Fsp3) is 0.192. The first-order chi connectivity index (χ1) is 16.0. The van der Waals surface area contributed by atoms with Gasteiger partial charge in [-0.15, -0.1) is 0 Å². The van der Waals surface area contributed by atoms with Gasteiger partial charge in [-0.3, -0.25) is 0 Å². The number of carboxylic acid groups (broad SMARTS) is 1. The van der Waals surface area contributed by atoms with Crippen LogP contribution in [0.4, 0.5) is 10.2 Å². The predicted octanol–water partition coefficient (Wildman–Crippen LogP) is 5.14. The highest BCUT2D eigenvalue weighted by Crippen LogP contribution is 2.24. The van der Waals surface area contributed by atoms with Crippen molar-refractivity contribution in [1.29, 1.82) is 0 Å². The fourth-order valence-corrected chi connectivity index (χ4v) is 3.53. The highest BCUT2D eigenvalue weighted by Gasteiger charge is 2.23. The Morgan fingerprint density at radius 1 is 1.06 bits per heavy atom. The first kappa shape index (κ1) is 22.2. The summed E-state index contributed by atoms with van der Waals surface area (Å²) in [6.07, 6.45) is 2.61. The third-order valence-corrected chi connectivity index (χ3v) is 5.31. The SMILES string of the molecule is CCc1ccc(CC(Nc2ncc(-c3ccccc3)nc2Cc2ccccc2F)C(=O)O)o1. The van der Waals surface area contributed by atoms with Crippen molar-refractivity contribution < 1.29 is 18.7 Å². The highest BCUT2D eigenvalue weighted by atomic mass is 19.1. The standard InChI is InChI=1S/C26H24FN3O3/c1-2-19-12-13-20(33-19)15-23(26(31)32)30-25-22(14-18-10-6-7-11-21(18)27)29-24(16-28-25)17-8-4-3-5-9-17/h3-13,16,23H,2,14-15H2,1H3,(H,28,30)(H,31,32). The Labute approximate surface area is 191 Å². The van der Waals surface area contributed by atoms with E-state index in [0.717, 1.165) is 17.7 Å². The first-order valence-electron chi connectivity index (χ1n) is 10.7. The Bertz CT molecular complexity index is 1240. The first-order valence-corrected chi connectivity index (χ1v) is 10.7. The number of aliphatic carboxylic acids is 1. The highest BCUT2D eigenvalue weighted by molar-refractivity contribution is 5.77. The normalized spacial score (nSPS) is 11.8. The minimum atomic E-state index is -1.05. The molecule has 168 valence electrons. The van der Waals surface area contributed by atoms with E-state index < -0.39 is 12.0 Å². The summed E-state index contributed by atoms with van der Waals surface area (Å²) in [5, 5.41) is 12.8. The van der Waals surface area contributed by atoms with Gasteiger partial charge in [0.05, 0.1) is 17.6 Å². The lowest BCUT2D eigenvalue weighted by molar-refractivity contribution is -0.138. The largest absolute Gasteiger partial charge is 0.480 e. The van der Waals surface area contributed by atoms with E-state index in [9.17, 15) is 14.3 Å². The van der Waals surface area contributed by atoms with E-state index in [2.05, 4.69) is 10.3 Å². The van der Waals surface area contributed by atoms with Gasteiger partial charge in [-0.25, -0.2) is 19.2 Å². The molecule has 6 nitrogen and oxygen atoms in total. The van der Waals surface area contributed by atoms with Gasteiger partial charge in [0, 0.05) is 24.8 Å². The predicted molar refractivity (Wildman–Crippen MR) is 124 cm³/mol. The Hall–Kier alpha value is -4.00. The summed E-state index contributed by atoms with van der Waals surface area (Å²) in [5.41, 5.74) is 2.40. The third kappa shape index (κ3) is 5.44. The molecule has 0 fully saturated rings. The van der Waals surface area contributed by atoms with Gasteiger partial charge in [0.15, 0.2) is 0 Å². The number of hydrogen-bond donors (Lipinski definition) is 2. The van der Waals surface area contributed by atoms with E-state index in [1.165, 1.54) is 6.07 Å². The monoisotopic (exact) mass is 445 g/mol. The van der Waals surface area contributed by atoms with Gasteiger partial charge < -0.3 is 14.8 Å². The molecule has 0 saturated heterocycles. The molecule has 0 saturated carbocycles. The lowest BCUT2D eigenvalue weighted by Crippen LogP contribution is -2.32. The number of halogens is 1. The summed E-state index contributed by atoms with van der Waals surface area (Å²) >= 11 is 0. The Kier molecular flexibility index (Phi) is 6.78. The zero-order valence-corrected chi connectivity index (χ0v) is 18.2. The summed E-state index contributed by atoms with van der Waals surface area (Å²) in [7, 11) is 0. The van der Waals surface area contributed by atoms with Gasteiger partial charge in [-0.05, 0) is 23.8 Å². The average Bonchev–Trinajstić information content (AvgIpc) is 3.29. The van der Waals surface area contributed by atoms with E-state index in [0.29, 0.717) is 28.5 Å². The number of carbonyl (C=O) groups is 1. The van der Waals surface area contributed by atoms with Crippen molar-refractivity contribution in [2.45, 2.75) is 32.2 Å². The van der Waals surface area contributed by atoms with Gasteiger partial charge in [-0.2, -0.15) is 0 Å². The van der Waals surface area contributed by atoms with Crippen LogP contribution in [0.1, 0.15) is 29.7 Å². The molecule has 4 rings (SSSR count). The number of nitrogens with one attached hydrogen (secondary N) is 1. The van der Waals surface area contributed by atoms with Gasteiger partial charge in [0.2, 0.25) is 0 Å². The minimum Gasteiger partial charge on any atom is -0.480 e. The molecular weight excluding hydrogens is 421 g/mol. The molecule has 0 aliphatic carbocycles. The summed E-state index contributed by atoms with van der Waals surface area (Å²) in [6, 6.07) is 18.6. The Morgan fingerprint density at radius 3 is 2.48 bits per heavy atom. The molecule has 7 heteroatoms. The molecule has 2 N–H and O–H groups in total. The van der Waals surface area contributed by atoms with Crippen molar-refractivity contribution in [3.63, 3.8) is 0 Å². The lowest BCUT2D eigenvalue weighted by atomic mass is 10.1. The lowest BCUT2D eigenvalue weighted by Gasteiger charge is -2.17. The molecule has 1 unspecified atom stereocenters. The molecule has 0 amide bonds. The Balaban J connectivity index is 1.67. The molecule has 0 radical (unpaired) electrons. The van der Waals surface area contributed by atoms with Gasteiger partial charge >= 0.3 is 5.97 Å². The average molecular weight is 445 g/mol. The van der Waals surface area contributed by atoms with E-state index in [-0.39, 0.29) is 18.7 Å². The maximum absolute atomic E-state index is 14.4. The van der Waals surface area contributed by atoms with Gasteiger partial charge in [0.1, 0.15) is 29.2 Å². The summed E-state index contributed by atoms with van der Waals surface area (Å²) in [5.74, 6) is 0.258. The molecule has 0 aliphatic heterocycles. The van der Waals surface area contributed by atoms with E-state index in [1.54, 1.807) is 30.5 Å². The smallest absolute Gasteiger partial charge is 0.326 e. The number of nitrogens with zero attached hydrogens (tertiary/aromatic N) is 2. The van der Waals surface area contributed by atoms with Crippen LogP contribution in [0.2, 0.25) is 0 Å². The summed E-state index contributed by atoms with van der Waals surface area (Å²) in [4.78, 5) is 21.2. The van der Waals surface area contributed by atoms with Crippen molar-refractivity contribution in [2.24, 2.45) is 0 Å². The van der Waals surface area contributed by atoms with Crippen LogP contribution in [-0.4, -0.2) is 27.1 Å². The number of aryl methyl sites for hydroxylation is 1. The molecule has 0 aliphatic rings. The number of aromatic nitrogens is 2. The molecule has 2 aromatic heterocycles. The number of rotatable bonds is 9. The second kappa shape index (κ2) is 10.1. The van der Waals surface area contributed by atoms with Crippen LogP contribution in [0.25, 0.3) is 11.3 Å². The molecule has 2 aromatic carbocycles. The zero-order valence-electron chi connectivity index (χ0n) is 18.2. The van der Waals surface area contributed by atoms with Gasteiger partial charge in [0.25, 0.3) is 0 Å². The maximum atomic E-state index is 14.4. The van der Waals surface area contributed by atoms with Crippen LogP contribution in [0, 0.1) is 5.82 Å². The quantitative estimate of drug-likeness (QED) is 0.371. The second-order valence-corrected chi connectivity index (χ2v) is 7.65. The minimum absolute atomic E-state index is 0.136. The van der Waals surface area contributed by atoms with Crippen molar-refractivity contribution in [1.82, 2.24) is 9.97 Å². The van der Waals surface area contributed by atoms with E-state index in [4.69, 9.17) is 9.40 Å². The van der Waals surface area contributed by atoms with Crippen molar-refractivity contribution in [3.05, 3.63) is 102 Å². The fourth-order valence-electron chi connectivity index (χ4n) is 3.53. The number of anilines is 1. The van der Waals surface area contributed by atoms with Crippen LogP contribution < -0.4 is 5.32 Å². The van der Waals surface area contributed by atoms with Crippen molar-refractivity contribution >= 4 is 11.8 Å². The molecule has 4 aromatic rings. The number of carboxylic acids is 1. The van der Waals surface area contributed by atoms with Crippen molar-refractivity contribution in [2.75, 3.05) is 5.32 Å². The van der Waals surface area contributed by atoms with Crippen LogP contribution >= 0.6 is 0 Å². The second-order valence-electron chi connectivity index (χ2n) is 7.65. The third-order valence-electron chi connectivity index (χ3n) is 5.31. The summed E-state index contributed by atoms with van der Waals surface area (Å²) < 4.78 is 20.1. The topological polar surface area (TPSA) is 88.2 Å². The van der Waals surface area contributed by atoms with Crippen LogP contribution in [0.3, 0.4) is 0 Å². The van der Waals surface area contributed by atoms with Crippen LogP contribution in [0.15, 0.2) is 77.3 Å². The van der Waals surface area contributed by atoms with Crippen LogP contribution in [0.5, 0.6) is 0 Å².